The summed E-state index contributed by atoms with van der Waals surface area (Å²) < 4.78 is 5.49. The van der Waals surface area contributed by atoms with Gasteiger partial charge in [-0.3, -0.25) is 19.4 Å². The number of amides is 2. The van der Waals surface area contributed by atoms with E-state index < -0.39 is 0 Å². The largest absolute Gasteiger partial charge is 0.494 e. The van der Waals surface area contributed by atoms with Crippen molar-refractivity contribution in [2.75, 3.05) is 37.7 Å². The number of imide groups is 1. The summed E-state index contributed by atoms with van der Waals surface area (Å²) in [6, 6.07) is 6.98. The number of carbonyl (C=O) groups excluding carboxylic acids is 2. The molecule has 172 valence electrons. The van der Waals surface area contributed by atoms with Crippen LogP contribution in [0.5, 0.6) is 5.75 Å². The summed E-state index contributed by atoms with van der Waals surface area (Å²) in [7, 11) is 0. The Morgan fingerprint density at radius 1 is 0.906 bits per heavy atom. The summed E-state index contributed by atoms with van der Waals surface area (Å²) in [5, 5.41) is 0. The SMILES string of the molecule is CCOc1ccc(N2C(=O)C[C@H](N3CCN(C45CC6CC(CC(C6)C4)C5)CC3)C2=O)cc1. The fourth-order valence-electron chi connectivity index (χ4n) is 7.99. The van der Waals surface area contributed by atoms with Crippen molar-refractivity contribution < 1.29 is 14.3 Å². The van der Waals surface area contributed by atoms with Crippen LogP contribution in [0.3, 0.4) is 0 Å². The maximum Gasteiger partial charge on any atom is 0.251 e. The van der Waals surface area contributed by atoms with Gasteiger partial charge in [0, 0.05) is 31.7 Å². The molecule has 2 saturated heterocycles. The second-order valence-corrected chi connectivity index (χ2v) is 10.9. The van der Waals surface area contributed by atoms with Crippen molar-refractivity contribution >= 4 is 17.5 Å². The Hall–Kier alpha value is -1.92. The summed E-state index contributed by atoms with van der Waals surface area (Å²) in [6.07, 6.45) is 8.89. The standard InChI is InChI=1S/C26H35N3O3/c1-2-32-22-5-3-21(4-6-22)29-24(30)14-23(25(29)31)27-7-9-28(10-8-27)26-15-18-11-19(16-26)13-20(12-18)17-26/h3-6,18-20,23H,2,7-17H2,1H3/t18?,19?,20?,23-,26?/m0/s1. The van der Waals surface area contributed by atoms with Crippen LogP contribution in [0.15, 0.2) is 24.3 Å². The molecule has 0 radical (unpaired) electrons. The van der Waals surface area contributed by atoms with Crippen LogP contribution in [-0.4, -0.2) is 66.0 Å². The predicted molar refractivity (Wildman–Crippen MR) is 123 cm³/mol. The fourth-order valence-corrected chi connectivity index (χ4v) is 7.99. The van der Waals surface area contributed by atoms with Gasteiger partial charge in [0.15, 0.2) is 0 Å². The maximum absolute atomic E-state index is 13.2. The maximum atomic E-state index is 13.2. The van der Waals surface area contributed by atoms with E-state index in [1.165, 1.54) is 43.4 Å². The summed E-state index contributed by atoms with van der Waals surface area (Å²) in [4.78, 5) is 32.5. The van der Waals surface area contributed by atoms with Gasteiger partial charge in [-0.2, -0.15) is 0 Å². The minimum Gasteiger partial charge on any atom is -0.494 e. The molecule has 7 rings (SSSR count). The highest BCUT2D eigenvalue weighted by Gasteiger charge is 2.54. The number of anilines is 1. The van der Waals surface area contributed by atoms with Crippen LogP contribution in [-0.2, 0) is 9.59 Å². The van der Waals surface area contributed by atoms with Gasteiger partial charge in [-0.15, -0.1) is 0 Å². The first-order chi connectivity index (χ1) is 15.5. The lowest BCUT2D eigenvalue weighted by molar-refractivity contribution is -0.125. The van der Waals surface area contributed by atoms with Crippen molar-refractivity contribution in [3.63, 3.8) is 0 Å². The van der Waals surface area contributed by atoms with Crippen LogP contribution in [0.25, 0.3) is 0 Å². The molecule has 6 fully saturated rings. The zero-order valence-electron chi connectivity index (χ0n) is 19.2. The third kappa shape index (κ3) is 3.38. The molecule has 32 heavy (non-hydrogen) atoms. The number of ether oxygens (including phenoxy) is 1. The number of piperazine rings is 1. The average Bonchev–Trinajstić information content (AvgIpc) is 3.08. The highest BCUT2D eigenvalue weighted by Crippen LogP contribution is 2.57. The quantitative estimate of drug-likeness (QED) is 0.662. The van der Waals surface area contributed by atoms with E-state index in [4.69, 9.17) is 4.74 Å². The average molecular weight is 438 g/mol. The van der Waals surface area contributed by atoms with E-state index in [1.54, 1.807) is 0 Å². The lowest BCUT2D eigenvalue weighted by Crippen LogP contribution is -2.64. The number of benzene rings is 1. The topological polar surface area (TPSA) is 53.1 Å². The number of hydrogen-bond acceptors (Lipinski definition) is 5. The van der Waals surface area contributed by atoms with E-state index in [2.05, 4.69) is 9.80 Å². The Kier molecular flexibility index (Phi) is 5.06. The van der Waals surface area contributed by atoms with Crippen molar-refractivity contribution in [1.29, 1.82) is 0 Å². The highest BCUT2D eigenvalue weighted by molar-refractivity contribution is 6.22. The van der Waals surface area contributed by atoms with Crippen LogP contribution in [0, 0.1) is 17.8 Å². The minimum atomic E-state index is -0.312. The molecule has 6 heteroatoms. The van der Waals surface area contributed by atoms with Gasteiger partial charge in [0.05, 0.1) is 24.8 Å². The summed E-state index contributed by atoms with van der Waals surface area (Å²) in [5.74, 6) is 3.46. The van der Waals surface area contributed by atoms with E-state index in [1.807, 2.05) is 31.2 Å². The van der Waals surface area contributed by atoms with Crippen molar-refractivity contribution in [1.82, 2.24) is 9.80 Å². The zero-order valence-corrected chi connectivity index (χ0v) is 19.2. The summed E-state index contributed by atoms with van der Waals surface area (Å²) in [6.45, 7) is 6.39. The first kappa shape index (κ1) is 20.7. The van der Waals surface area contributed by atoms with Crippen molar-refractivity contribution in [2.24, 2.45) is 17.8 Å². The Bertz CT molecular complexity index is 855. The predicted octanol–water partition coefficient (Wildman–Crippen LogP) is 3.30. The van der Waals surface area contributed by atoms with Crippen molar-refractivity contribution in [2.45, 2.75) is 63.5 Å². The molecule has 0 N–H and O–H groups in total. The van der Waals surface area contributed by atoms with E-state index in [-0.39, 0.29) is 17.9 Å². The first-order valence-corrected chi connectivity index (χ1v) is 12.6. The Morgan fingerprint density at radius 3 is 2.06 bits per heavy atom. The van der Waals surface area contributed by atoms with Gasteiger partial charge in [0.2, 0.25) is 5.91 Å². The first-order valence-electron chi connectivity index (χ1n) is 12.6. The zero-order chi connectivity index (χ0) is 21.9. The Morgan fingerprint density at radius 2 is 1.50 bits per heavy atom. The molecule has 6 aliphatic rings. The second kappa shape index (κ2) is 7.84. The monoisotopic (exact) mass is 437 g/mol. The van der Waals surface area contributed by atoms with Gasteiger partial charge in [0.25, 0.3) is 5.91 Å². The van der Waals surface area contributed by atoms with E-state index in [0.29, 0.717) is 24.3 Å². The van der Waals surface area contributed by atoms with Gasteiger partial charge in [-0.1, -0.05) is 0 Å². The summed E-state index contributed by atoms with van der Waals surface area (Å²) in [5.41, 5.74) is 1.09. The van der Waals surface area contributed by atoms with Gasteiger partial charge in [-0.25, -0.2) is 4.90 Å². The van der Waals surface area contributed by atoms with E-state index >= 15 is 0 Å². The molecule has 4 saturated carbocycles. The second-order valence-electron chi connectivity index (χ2n) is 10.9. The Balaban J connectivity index is 1.11. The van der Waals surface area contributed by atoms with Crippen LogP contribution in [0.4, 0.5) is 5.69 Å². The van der Waals surface area contributed by atoms with Crippen molar-refractivity contribution in [3.05, 3.63) is 24.3 Å². The molecular weight excluding hydrogens is 402 g/mol. The normalized spacial score (nSPS) is 37.5. The third-order valence-corrected chi connectivity index (χ3v) is 8.96. The molecule has 1 atom stereocenters. The lowest BCUT2D eigenvalue weighted by Gasteiger charge is -2.61. The van der Waals surface area contributed by atoms with Crippen LogP contribution in [0.1, 0.15) is 51.9 Å². The van der Waals surface area contributed by atoms with E-state index in [9.17, 15) is 9.59 Å². The molecule has 2 heterocycles. The molecule has 0 aromatic heterocycles. The van der Waals surface area contributed by atoms with Gasteiger partial charge >= 0.3 is 0 Å². The summed E-state index contributed by atoms with van der Waals surface area (Å²) >= 11 is 0. The van der Waals surface area contributed by atoms with Gasteiger partial charge < -0.3 is 4.74 Å². The third-order valence-electron chi connectivity index (χ3n) is 8.96. The molecule has 2 aliphatic heterocycles. The molecule has 4 bridgehead atoms. The van der Waals surface area contributed by atoms with Crippen LogP contribution >= 0.6 is 0 Å². The van der Waals surface area contributed by atoms with Crippen LogP contribution < -0.4 is 9.64 Å². The number of nitrogens with zero attached hydrogens (tertiary/aromatic N) is 3. The fraction of sp³-hybridized carbons (Fsp3) is 0.692. The van der Waals surface area contributed by atoms with Gasteiger partial charge in [-0.05, 0) is 87.5 Å². The van der Waals surface area contributed by atoms with E-state index in [0.717, 1.165) is 49.7 Å². The molecule has 0 unspecified atom stereocenters. The number of hydrogen-bond donors (Lipinski definition) is 0. The molecule has 1 aromatic carbocycles. The smallest absolute Gasteiger partial charge is 0.251 e. The minimum absolute atomic E-state index is 0.0672. The molecule has 1 aromatic rings. The number of carbonyl (C=O) groups is 2. The molecule has 4 aliphatic carbocycles. The highest BCUT2D eigenvalue weighted by atomic mass is 16.5. The lowest BCUT2D eigenvalue weighted by atomic mass is 9.52. The van der Waals surface area contributed by atoms with Gasteiger partial charge in [0.1, 0.15) is 5.75 Å². The Labute approximate surface area is 190 Å². The molecule has 6 nitrogen and oxygen atoms in total. The number of rotatable bonds is 5. The van der Waals surface area contributed by atoms with Crippen molar-refractivity contribution in [3.8, 4) is 5.75 Å². The molecule has 0 spiro atoms. The molecular formula is C26H35N3O3. The molecule has 2 amide bonds. The van der Waals surface area contributed by atoms with Crippen LogP contribution in [0.2, 0.25) is 0 Å².